The Kier molecular flexibility index (Phi) is 8.05. The van der Waals surface area contributed by atoms with Gasteiger partial charge in [-0.05, 0) is 42.0 Å². The molecule has 0 unspecified atom stereocenters. The van der Waals surface area contributed by atoms with Crippen molar-refractivity contribution in [3.8, 4) is 11.6 Å². The first-order valence-electron chi connectivity index (χ1n) is 12.1. The van der Waals surface area contributed by atoms with Crippen LogP contribution < -0.4 is 20.1 Å². The Morgan fingerprint density at radius 2 is 1.92 bits per heavy atom. The molecule has 196 valence electrons. The summed E-state index contributed by atoms with van der Waals surface area (Å²) in [6.45, 7) is 4.24. The van der Waals surface area contributed by atoms with Crippen molar-refractivity contribution in [2.75, 3.05) is 38.2 Å². The van der Waals surface area contributed by atoms with Crippen LogP contribution in [0.3, 0.4) is 0 Å². The van der Waals surface area contributed by atoms with Crippen molar-refractivity contribution in [2.24, 2.45) is 5.73 Å². The van der Waals surface area contributed by atoms with Gasteiger partial charge < -0.3 is 24.5 Å². The van der Waals surface area contributed by atoms with Gasteiger partial charge in [-0.1, -0.05) is 23.9 Å². The maximum absolute atomic E-state index is 11.4. The highest BCUT2D eigenvalue weighted by Gasteiger charge is 2.22. The van der Waals surface area contributed by atoms with Crippen LogP contribution in [0.4, 0.5) is 5.95 Å². The van der Waals surface area contributed by atoms with Gasteiger partial charge in [0, 0.05) is 36.6 Å². The zero-order valence-electron chi connectivity index (χ0n) is 20.9. The zero-order chi connectivity index (χ0) is 26.3. The second kappa shape index (κ2) is 12.0. The number of ether oxygens (including phenoxy) is 2. The summed E-state index contributed by atoms with van der Waals surface area (Å²) in [5.74, 6) is 2.13. The van der Waals surface area contributed by atoms with Crippen LogP contribution in [0.1, 0.15) is 21.8 Å². The van der Waals surface area contributed by atoms with E-state index in [0.29, 0.717) is 36.4 Å². The maximum atomic E-state index is 11.4. The van der Waals surface area contributed by atoms with E-state index >= 15 is 0 Å². The minimum atomic E-state index is -0.461. The molecule has 0 aliphatic carbocycles. The van der Waals surface area contributed by atoms with Gasteiger partial charge in [0.25, 0.3) is 0 Å². The summed E-state index contributed by atoms with van der Waals surface area (Å²) >= 11 is 1.46. The van der Waals surface area contributed by atoms with E-state index in [0.717, 1.165) is 47.3 Å². The van der Waals surface area contributed by atoms with E-state index in [1.807, 2.05) is 36.4 Å². The van der Waals surface area contributed by atoms with Crippen molar-refractivity contribution < 1.29 is 18.7 Å². The van der Waals surface area contributed by atoms with E-state index in [4.69, 9.17) is 24.6 Å². The molecule has 0 spiro atoms. The van der Waals surface area contributed by atoms with Crippen LogP contribution >= 0.6 is 11.8 Å². The Balaban J connectivity index is 1.32. The minimum Gasteiger partial charge on any atom is -0.497 e. The van der Waals surface area contributed by atoms with Crippen LogP contribution in [0.15, 0.2) is 81.4 Å². The number of nitrogens with zero attached hydrogens (tertiary/aromatic N) is 5. The third-order valence-electron chi connectivity index (χ3n) is 6.08. The van der Waals surface area contributed by atoms with Gasteiger partial charge in [0.2, 0.25) is 23.6 Å². The lowest BCUT2D eigenvalue weighted by Crippen LogP contribution is -2.46. The number of oxazole rings is 1. The highest BCUT2D eigenvalue weighted by molar-refractivity contribution is 7.99. The molecule has 1 aliphatic rings. The molecule has 1 saturated heterocycles. The number of hydrogen-bond donors (Lipinski definition) is 1. The van der Waals surface area contributed by atoms with Crippen molar-refractivity contribution in [3.05, 3.63) is 84.2 Å². The largest absolute Gasteiger partial charge is 0.497 e. The van der Waals surface area contributed by atoms with E-state index in [2.05, 4.69) is 19.8 Å². The van der Waals surface area contributed by atoms with Crippen LogP contribution in [0.25, 0.3) is 0 Å². The first-order valence-corrected chi connectivity index (χ1v) is 12.9. The molecule has 5 rings (SSSR count). The topological polar surface area (TPSA) is 120 Å². The Labute approximate surface area is 224 Å². The number of primary amides is 1. The van der Waals surface area contributed by atoms with Crippen molar-refractivity contribution in [1.29, 1.82) is 0 Å². The molecule has 0 saturated carbocycles. The molecule has 0 radical (unpaired) electrons. The number of methoxy groups -OCH3 is 1. The summed E-state index contributed by atoms with van der Waals surface area (Å²) in [6, 6.07) is 14.8. The number of hydrogen-bond acceptors (Lipinski definition) is 10. The summed E-state index contributed by atoms with van der Waals surface area (Å²) in [5, 5.41) is 0. The molecular formula is C27H28N6O4S. The number of anilines is 1. The zero-order valence-corrected chi connectivity index (χ0v) is 21.8. The average Bonchev–Trinajstić information content (AvgIpc) is 3.46. The molecule has 2 N–H and O–H groups in total. The molecule has 11 heteroatoms. The van der Waals surface area contributed by atoms with Gasteiger partial charge >= 0.3 is 0 Å². The number of carbonyl (C=O) groups excluding carboxylic acids is 1. The summed E-state index contributed by atoms with van der Waals surface area (Å²) in [4.78, 5) is 31.2. The predicted octanol–water partition coefficient (Wildman–Crippen LogP) is 3.62. The third-order valence-corrected chi connectivity index (χ3v) is 7.09. The van der Waals surface area contributed by atoms with E-state index in [9.17, 15) is 4.79 Å². The number of rotatable bonds is 10. The maximum Gasteiger partial charge on any atom is 0.248 e. The third kappa shape index (κ3) is 6.42. The summed E-state index contributed by atoms with van der Waals surface area (Å²) in [5.41, 5.74) is 6.80. The van der Waals surface area contributed by atoms with Crippen molar-refractivity contribution >= 4 is 23.6 Å². The van der Waals surface area contributed by atoms with E-state index in [-0.39, 0.29) is 0 Å². The molecular weight excluding hydrogens is 504 g/mol. The average molecular weight is 533 g/mol. The molecule has 38 heavy (non-hydrogen) atoms. The predicted molar refractivity (Wildman–Crippen MR) is 142 cm³/mol. The summed E-state index contributed by atoms with van der Waals surface area (Å²) in [6.07, 6.45) is 5.05. The lowest BCUT2D eigenvalue weighted by atomic mass is 10.2. The van der Waals surface area contributed by atoms with Gasteiger partial charge in [0.05, 0.1) is 30.9 Å². The van der Waals surface area contributed by atoms with Crippen LogP contribution in [0.2, 0.25) is 0 Å². The molecule has 1 aliphatic heterocycles. The first-order chi connectivity index (χ1) is 18.6. The Hall–Kier alpha value is -4.09. The first kappa shape index (κ1) is 25.6. The second-order valence-corrected chi connectivity index (χ2v) is 9.77. The smallest absolute Gasteiger partial charge is 0.248 e. The van der Waals surface area contributed by atoms with Gasteiger partial charge in [0.1, 0.15) is 18.6 Å². The molecule has 2 aromatic carbocycles. The van der Waals surface area contributed by atoms with Crippen LogP contribution in [0.5, 0.6) is 11.6 Å². The van der Waals surface area contributed by atoms with Gasteiger partial charge in [-0.2, -0.15) is 4.98 Å². The normalized spacial score (nSPS) is 13.9. The molecule has 2 aromatic heterocycles. The highest BCUT2D eigenvalue weighted by Crippen LogP contribution is 2.35. The lowest BCUT2D eigenvalue weighted by Gasteiger charge is -2.34. The van der Waals surface area contributed by atoms with Gasteiger partial charge in [-0.3, -0.25) is 9.69 Å². The highest BCUT2D eigenvalue weighted by atomic mass is 32.2. The van der Waals surface area contributed by atoms with Crippen LogP contribution in [0, 0.1) is 0 Å². The van der Waals surface area contributed by atoms with Crippen molar-refractivity contribution in [3.63, 3.8) is 0 Å². The molecule has 0 atom stereocenters. The Bertz CT molecular complexity index is 1360. The molecule has 0 bridgehead atoms. The fraction of sp³-hybridized carbons (Fsp3) is 0.259. The van der Waals surface area contributed by atoms with Gasteiger partial charge in [-0.15, -0.1) is 0 Å². The van der Waals surface area contributed by atoms with Crippen LogP contribution in [-0.2, 0) is 13.2 Å². The number of benzene rings is 2. The van der Waals surface area contributed by atoms with Gasteiger partial charge in [0.15, 0.2) is 0 Å². The number of amides is 1. The number of nitrogens with two attached hydrogens (primary N) is 1. The molecule has 1 amide bonds. The standard InChI is InChI=1S/C27H28N6O4S/c1-35-21-4-2-3-19(15-21)18-37-26-23(38-22-7-5-20(6-8-22)25(28)34)16-30-27(31-26)33-12-10-32(11-13-33)17-24-29-9-14-36-24/h2-9,14-16H,10-13,17-18H2,1H3,(H2,28,34). The van der Waals surface area contributed by atoms with E-state index in [1.54, 1.807) is 37.9 Å². The Morgan fingerprint density at radius 1 is 1.11 bits per heavy atom. The fourth-order valence-corrected chi connectivity index (χ4v) is 4.85. The van der Waals surface area contributed by atoms with E-state index in [1.165, 1.54) is 11.8 Å². The van der Waals surface area contributed by atoms with Crippen molar-refractivity contribution in [2.45, 2.75) is 22.9 Å². The summed E-state index contributed by atoms with van der Waals surface area (Å²) in [7, 11) is 1.64. The SMILES string of the molecule is COc1cccc(COc2nc(N3CCN(Cc4ncco4)CC3)ncc2Sc2ccc(C(N)=O)cc2)c1. The van der Waals surface area contributed by atoms with Crippen LogP contribution in [-0.4, -0.2) is 59.0 Å². The molecule has 10 nitrogen and oxygen atoms in total. The fourth-order valence-electron chi connectivity index (χ4n) is 4.03. The quantitative estimate of drug-likeness (QED) is 0.324. The lowest BCUT2D eigenvalue weighted by molar-refractivity contribution is 0.1000. The molecule has 4 aromatic rings. The number of aromatic nitrogens is 3. The summed E-state index contributed by atoms with van der Waals surface area (Å²) < 4.78 is 16.9. The second-order valence-electron chi connectivity index (χ2n) is 8.66. The molecule has 1 fully saturated rings. The van der Waals surface area contributed by atoms with E-state index < -0.39 is 5.91 Å². The van der Waals surface area contributed by atoms with Crippen molar-refractivity contribution in [1.82, 2.24) is 19.9 Å². The number of carbonyl (C=O) groups is 1. The minimum absolute atomic E-state index is 0.325. The monoisotopic (exact) mass is 532 g/mol. The molecule has 3 heterocycles. The number of piperazine rings is 1. The van der Waals surface area contributed by atoms with Gasteiger partial charge in [-0.25, -0.2) is 9.97 Å². The Morgan fingerprint density at radius 3 is 2.63 bits per heavy atom.